The predicted molar refractivity (Wildman–Crippen MR) is 109 cm³/mol. The van der Waals surface area contributed by atoms with E-state index in [1.165, 1.54) is 24.1 Å². The van der Waals surface area contributed by atoms with Gasteiger partial charge in [-0.2, -0.15) is 5.10 Å². The van der Waals surface area contributed by atoms with Gasteiger partial charge >= 0.3 is 0 Å². The van der Waals surface area contributed by atoms with Gasteiger partial charge in [-0.05, 0) is 51.2 Å². The minimum atomic E-state index is 0.250. The van der Waals surface area contributed by atoms with Crippen LogP contribution in [0.4, 0.5) is 5.69 Å². The molecular weight excluding hydrogens is 352 g/mol. The summed E-state index contributed by atoms with van der Waals surface area (Å²) in [4.78, 5) is 13.8. The van der Waals surface area contributed by atoms with Gasteiger partial charge < -0.3 is 15.0 Å². The minimum absolute atomic E-state index is 0.250. The Labute approximate surface area is 165 Å². The average molecular weight is 380 g/mol. The largest absolute Gasteiger partial charge is 0.491 e. The minimum Gasteiger partial charge on any atom is -0.491 e. The zero-order valence-corrected chi connectivity index (χ0v) is 16.5. The topological polar surface area (TPSA) is 59.4 Å². The van der Waals surface area contributed by atoms with E-state index in [2.05, 4.69) is 40.4 Å². The number of ether oxygens (including phenoxy) is 1. The van der Waals surface area contributed by atoms with Crippen molar-refractivity contribution in [1.29, 1.82) is 0 Å². The Morgan fingerprint density at radius 1 is 1.25 bits per heavy atom. The first-order chi connectivity index (χ1) is 13.7. The third kappa shape index (κ3) is 3.36. The van der Waals surface area contributed by atoms with E-state index < -0.39 is 0 Å². The monoisotopic (exact) mass is 380 g/mol. The number of rotatable bonds is 6. The number of likely N-dealkylation sites (tertiary alicyclic amines) is 1. The molecule has 1 amide bonds. The fraction of sp³-hybridized carbons (Fsp3) is 0.545. The van der Waals surface area contributed by atoms with Crippen molar-refractivity contribution in [2.24, 2.45) is 0 Å². The number of fused-ring (bicyclic) bond motifs is 1. The molecule has 2 aliphatic heterocycles. The van der Waals surface area contributed by atoms with Crippen molar-refractivity contribution in [2.75, 3.05) is 25.0 Å². The van der Waals surface area contributed by atoms with E-state index in [4.69, 9.17) is 4.74 Å². The second-order valence-corrected chi connectivity index (χ2v) is 8.33. The SMILES string of the molecule is C[C@H]1CCc2c(ccc(-c3cnn(C4CC4)c3)c2OCCN2CCCC2=O)N1. The van der Waals surface area contributed by atoms with Crippen molar-refractivity contribution < 1.29 is 9.53 Å². The van der Waals surface area contributed by atoms with Crippen LogP contribution in [0.3, 0.4) is 0 Å². The van der Waals surface area contributed by atoms with Gasteiger partial charge in [0.05, 0.1) is 18.8 Å². The smallest absolute Gasteiger partial charge is 0.222 e. The van der Waals surface area contributed by atoms with Crippen LogP contribution in [-0.4, -0.2) is 46.3 Å². The van der Waals surface area contributed by atoms with Crippen LogP contribution in [0.15, 0.2) is 24.5 Å². The zero-order valence-electron chi connectivity index (χ0n) is 16.5. The van der Waals surface area contributed by atoms with Crippen LogP contribution < -0.4 is 10.1 Å². The summed E-state index contributed by atoms with van der Waals surface area (Å²) in [6.45, 7) is 4.26. The van der Waals surface area contributed by atoms with Gasteiger partial charge in [0.2, 0.25) is 5.91 Å². The van der Waals surface area contributed by atoms with Gasteiger partial charge in [0.15, 0.2) is 0 Å². The Kier molecular flexibility index (Phi) is 4.49. The number of hydrogen-bond acceptors (Lipinski definition) is 4. The quantitative estimate of drug-likeness (QED) is 0.831. The number of benzene rings is 1. The lowest BCUT2D eigenvalue weighted by Crippen LogP contribution is -2.29. The highest BCUT2D eigenvalue weighted by molar-refractivity contribution is 5.78. The van der Waals surface area contributed by atoms with Crippen LogP contribution in [0.1, 0.15) is 50.6 Å². The fourth-order valence-electron chi connectivity index (χ4n) is 4.32. The molecule has 2 aromatic rings. The number of nitrogens with one attached hydrogen (secondary N) is 1. The van der Waals surface area contributed by atoms with Crippen molar-refractivity contribution in [1.82, 2.24) is 14.7 Å². The van der Waals surface area contributed by atoms with E-state index in [0.29, 0.717) is 31.7 Å². The van der Waals surface area contributed by atoms with Crippen molar-refractivity contribution >= 4 is 11.6 Å². The molecule has 1 saturated heterocycles. The molecule has 1 atom stereocenters. The van der Waals surface area contributed by atoms with E-state index in [9.17, 15) is 4.79 Å². The molecule has 1 saturated carbocycles. The third-order valence-corrected chi connectivity index (χ3v) is 6.10. The molecule has 1 N–H and O–H groups in total. The van der Waals surface area contributed by atoms with Crippen molar-refractivity contribution in [2.45, 2.75) is 57.5 Å². The van der Waals surface area contributed by atoms with Gasteiger partial charge in [-0.25, -0.2) is 0 Å². The van der Waals surface area contributed by atoms with Crippen LogP contribution in [0, 0.1) is 0 Å². The van der Waals surface area contributed by atoms with Gasteiger partial charge in [0.1, 0.15) is 12.4 Å². The van der Waals surface area contributed by atoms with Crippen molar-refractivity contribution in [3.05, 3.63) is 30.1 Å². The maximum atomic E-state index is 11.9. The van der Waals surface area contributed by atoms with Crippen molar-refractivity contribution in [3.8, 4) is 16.9 Å². The van der Waals surface area contributed by atoms with Crippen LogP contribution in [0.5, 0.6) is 5.75 Å². The normalized spacial score (nSPS) is 21.5. The van der Waals surface area contributed by atoms with E-state index >= 15 is 0 Å². The van der Waals surface area contributed by atoms with Crippen LogP contribution in [0.25, 0.3) is 11.1 Å². The second kappa shape index (κ2) is 7.15. The molecule has 0 spiro atoms. The molecule has 28 heavy (non-hydrogen) atoms. The maximum Gasteiger partial charge on any atom is 0.222 e. The predicted octanol–water partition coefficient (Wildman–Crippen LogP) is 3.63. The molecule has 2 fully saturated rings. The number of amides is 1. The lowest BCUT2D eigenvalue weighted by Gasteiger charge is -2.27. The molecule has 0 unspecified atom stereocenters. The molecule has 3 aliphatic rings. The highest BCUT2D eigenvalue weighted by Gasteiger charge is 2.26. The van der Waals surface area contributed by atoms with E-state index in [1.807, 2.05) is 11.1 Å². The Balaban J connectivity index is 1.42. The molecular formula is C22H28N4O2. The average Bonchev–Trinajstić information content (AvgIpc) is 3.29. The van der Waals surface area contributed by atoms with Gasteiger partial charge in [0.25, 0.3) is 0 Å². The molecule has 1 aromatic carbocycles. The molecule has 5 rings (SSSR count). The summed E-state index contributed by atoms with van der Waals surface area (Å²) in [6.07, 6.45) is 10.3. The first-order valence-corrected chi connectivity index (χ1v) is 10.6. The molecule has 148 valence electrons. The molecule has 1 aliphatic carbocycles. The standard InChI is InChI=1S/C22H28N4O2/c1-15-4-7-19-20(24-15)9-8-18(16-13-23-26(14-16)17-5-6-17)22(19)28-12-11-25-10-2-3-21(25)27/h8-9,13-15,17,24H,2-7,10-12H2,1H3/t15-/m0/s1. The van der Waals surface area contributed by atoms with E-state index in [1.54, 1.807) is 0 Å². The van der Waals surface area contributed by atoms with E-state index in [-0.39, 0.29) is 5.91 Å². The molecule has 0 radical (unpaired) electrons. The number of nitrogens with zero attached hydrogens (tertiary/aromatic N) is 3. The van der Waals surface area contributed by atoms with Crippen molar-refractivity contribution in [3.63, 3.8) is 0 Å². The second-order valence-electron chi connectivity index (χ2n) is 8.33. The molecule has 3 heterocycles. The highest BCUT2D eigenvalue weighted by atomic mass is 16.5. The lowest BCUT2D eigenvalue weighted by atomic mass is 9.94. The summed E-state index contributed by atoms with van der Waals surface area (Å²) in [6, 6.07) is 5.37. The van der Waals surface area contributed by atoms with Gasteiger partial charge in [-0.1, -0.05) is 0 Å². The Morgan fingerprint density at radius 3 is 2.93 bits per heavy atom. The number of anilines is 1. The summed E-state index contributed by atoms with van der Waals surface area (Å²) >= 11 is 0. The molecule has 6 nitrogen and oxygen atoms in total. The summed E-state index contributed by atoms with van der Waals surface area (Å²) in [5, 5.41) is 8.15. The molecule has 0 bridgehead atoms. The van der Waals surface area contributed by atoms with Gasteiger partial charge in [-0.3, -0.25) is 9.48 Å². The number of carbonyl (C=O) groups excluding carboxylic acids is 1. The fourth-order valence-corrected chi connectivity index (χ4v) is 4.32. The highest BCUT2D eigenvalue weighted by Crippen LogP contribution is 2.42. The van der Waals surface area contributed by atoms with Gasteiger partial charge in [-0.15, -0.1) is 0 Å². The van der Waals surface area contributed by atoms with Crippen LogP contribution in [0.2, 0.25) is 0 Å². The number of carbonyl (C=O) groups is 1. The van der Waals surface area contributed by atoms with E-state index in [0.717, 1.165) is 42.7 Å². The first-order valence-electron chi connectivity index (χ1n) is 10.6. The Morgan fingerprint density at radius 2 is 2.14 bits per heavy atom. The first kappa shape index (κ1) is 17.6. The zero-order chi connectivity index (χ0) is 19.1. The maximum absolute atomic E-state index is 11.9. The lowest BCUT2D eigenvalue weighted by molar-refractivity contribution is -0.128. The van der Waals surface area contributed by atoms with Gasteiger partial charge in [0, 0.05) is 47.6 Å². The summed E-state index contributed by atoms with van der Waals surface area (Å²) < 4.78 is 8.44. The number of aromatic nitrogens is 2. The van der Waals surface area contributed by atoms with Crippen LogP contribution in [-0.2, 0) is 11.2 Å². The summed E-state index contributed by atoms with van der Waals surface area (Å²) in [7, 11) is 0. The molecule has 6 heteroatoms. The summed E-state index contributed by atoms with van der Waals surface area (Å²) in [5.41, 5.74) is 4.64. The Hall–Kier alpha value is -2.50. The number of hydrogen-bond donors (Lipinski definition) is 1. The molecule has 1 aromatic heterocycles. The third-order valence-electron chi connectivity index (χ3n) is 6.10. The summed E-state index contributed by atoms with van der Waals surface area (Å²) in [5.74, 6) is 1.21. The Bertz CT molecular complexity index is 887. The van der Waals surface area contributed by atoms with Crippen LogP contribution >= 0.6 is 0 Å².